The molecular weight excluding hydrogens is 298 g/mol. The van der Waals surface area contributed by atoms with Gasteiger partial charge in [0.05, 0.1) is 6.20 Å². The molecule has 0 radical (unpaired) electrons. The lowest BCUT2D eigenvalue weighted by atomic mass is 10.0. The largest absolute Gasteiger partial charge is 0.456 e. The van der Waals surface area contributed by atoms with E-state index in [-0.39, 0.29) is 0 Å². The number of allylic oxidation sites excluding steroid dienone is 1. The molecule has 0 atom stereocenters. The molecule has 1 aromatic carbocycles. The third kappa shape index (κ3) is 3.44. The third-order valence-corrected chi connectivity index (χ3v) is 5.46. The van der Waals surface area contributed by atoms with Crippen molar-refractivity contribution < 1.29 is 4.74 Å². The van der Waals surface area contributed by atoms with Crippen molar-refractivity contribution in [1.82, 2.24) is 15.3 Å². The zero-order valence-electron chi connectivity index (χ0n) is 14.5. The van der Waals surface area contributed by atoms with Gasteiger partial charge in [0.1, 0.15) is 11.5 Å². The van der Waals surface area contributed by atoms with Gasteiger partial charge in [0.2, 0.25) is 0 Å². The molecule has 1 fully saturated rings. The van der Waals surface area contributed by atoms with E-state index < -0.39 is 0 Å². The summed E-state index contributed by atoms with van der Waals surface area (Å²) in [5, 5.41) is 1.89. The van der Waals surface area contributed by atoms with Crippen molar-refractivity contribution in [2.75, 3.05) is 20.1 Å². The molecule has 0 amide bonds. The van der Waals surface area contributed by atoms with Gasteiger partial charge in [-0.15, -0.1) is 0 Å². The Hall–Kier alpha value is -1.94. The van der Waals surface area contributed by atoms with Crippen LogP contribution in [0.2, 0.25) is 0 Å². The van der Waals surface area contributed by atoms with Crippen LogP contribution in [0.1, 0.15) is 36.8 Å². The molecule has 1 N–H and O–H groups in total. The molecule has 4 rings (SSSR count). The average Bonchev–Trinajstić information content (AvgIpc) is 3.05. The van der Waals surface area contributed by atoms with Crippen LogP contribution in [0.4, 0.5) is 0 Å². The quantitative estimate of drug-likeness (QED) is 0.923. The SMILES string of the molecule is CN1C=CC(Oc2ccc3c(c2)CCN(C2CCCC2)CC3)=CN1. The van der Waals surface area contributed by atoms with Crippen molar-refractivity contribution in [1.29, 1.82) is 0 Å². The van der Waals surface area contributed by atoms with Crippen molar-refractivity contribution in [3.63, 3.8) is 0 Å². The summed E-state index contributed by atoms with van der Waals surface area (Å²) in [6.45, 7) is 2.40. The Balaban J connectivity index is 1.43. The average molecular weight is 325 g/mol. The molecule has 4 heteroatoms. The molecule has 0 saturated heterocycles. The number of nitrogens with zero attached hydrogens (tertiary/aromatic N) is 2. The molecule has 1 aromatic rings. The second-order valence-corrected chi connectivity index (χ2v) is 7.11. The fourth-order valence-electron chi connectivity index (χ4n) is 4.06. The van der Waals surface area contributed by atoms with Gasteiger partial charge in [0.15, 0.2) is 0 Å². The summed E-state index contributed by atoms with van der Waals surface area (Å²) >= 11 is 0. The van der Waals surface area contributed by atoms with E-state index in [0.717, 1.165) is 24.0 Å². The first kappa shape index (κ1) is 15.6. The first-order valence-electron chi connectivity index (χ1n) is 9.19. The van der Waals surface area contributed by atoms with Crippen LogP contribution >= 0.6 is 0 Å². The Bertz CT molecular complexity index is 646. The zero-order valence-corrected chi connectivity index (χ0v) is 14.5. The van der Waals surface area contributed by atoms with Crippen LogP contribution < -0.4 is 10.2 Å². The molecule has 3 aliphatic rings. The Kier molecular flexibility index (Phi) is 4.48. The van der Waals surface area contributed by atoms with Crippen molar-refractivity contribution in [3.05, 3.63) is 53.6 Å². The minimum atomic E-state index is 0.829. The van der Waals surface area contributed by atoms with E-state index in [0.29, 0.717) is 0 Å². The number of benzene rings is 1. The van der Waals surface area contributed by atoms with Gasteiger partial charge in [-0.05, 0) is 48.9 Å². The van der Waals surface area contributed by atoms with Gasteiger partial charge in [0.25, 0.3) is 0 Å². The molecule has 0 spiro atoms. The summed E-state index contributed by atoms with van der Waals surface area (Å²) in [5.74, 6) is 1.78. The lowest BCUT2D eigenvalue weighted by Gasteiger charge is -2.26. The molecule has 0 bridgehead atoms. The standard InChI is InChI=1S/C20H27N3O/c1-22-11-10-20(15-21-22)24-19-7-6-16-8-12-23(13-9-17(16)14-19)18-4-2-3-5-18/h6-7,10-11,14-15,18,21H,2-5,8-9,12-13H2,1H3. The maximum Gasteiger partial charge on any atom is 0.146 e. The maximum atomic E-state index is 6.01. The lowest BCUT2D eigenvalue weighted by molar-refractivity contribution is 0.208. The molecule has 4 nitrogen and oxygen atoms in total. The Labute approximate surface area is 144 Å². The van der Waals surface area contributed by atoms with Gasteiger partial charge in [0, 0.05) is 38.5 Å². The summed E-state index contributed by atoms with van der Waals surface area (Å²) in [5.41, 5.74) is 6.07. The normalized spacial score (nSPS) is 21.9. The van der Waals surface area contributed by atoms with Gasteiger partial charge in [-0.1, -0.05) is 18.9 Å². The number of fused-ring (bicyclic) bond motifs is 1. The van der Waals surface area contributed by atoms with Crippen LogP contribution in [-0.4, -0.2) is 36.1 Å². The van der Waals surface area contributed by atoms with E-state index >= 15 is 0 Å². The van der Waals surface area contributed by atoms with E-state index in [2.05, 4.69) is 28.5 Å². The summed E-state index contributed by atoms with van der Waals surface area (Å²) in [6.07, 6.45) is 13.7. The minimum absolute atomic E-state index is 0.829. The highest BCUT2D eigenvalue weighted by molar-refractivity contribution is 5.38. The topological polar surface area (TPSA) is 27.7 Å². The van der Waals surface area contributed by atoms with Crippen molar-refractivity contribution >= 4 is 0 Å². The van der Waals surface area contributed by atoms with Crippen molar-refractivity contribution in [2.24, 2.45) is 0 Å². The fraction of sp³-hybridized carbons (Fsp3) is 0.500. The van der Waals surface area contributed by atoms with Crippen LogP contribution in [-0.2, 0) is 12.8 Å². The second-order valence-electron chi connectivity index (χ2n) is 7.11. The summed E-state index contributed by atoms with van der Waals surface area (Å²) in [6, 6.07) is 7.43. The minimum Gasteiger partial charge on any atom is -0.456 e. The van der Waals surface area contributed by atoms with Gasteiger partial charge in [-0.3, -0.25) is 9.91 Å². The van der Waals surface area contributed by atoms with Crippen LogP contribution in [0.3, 0.4) is 0 Å². The Morgan fingerprint density at radius 1 is 1.08 bits per heavy atom. The molecule has 0 unspecified atom stereocenters. The third-order valence-electron chi connectivity index (χ3n) is 5.46. The number of rotatable bonds is 3. The van der Waals surface area contributed by atoms with Gasteiger partial charge < -0.3 is 10.2 Å². The van der Waals surface area contributed by atoms with Crippen LogP contribution in [0.5, 0.6) is 5.75 Å². The van der Waals surface area contributed by atoms with Gasteiger partial charge >= 0.3 is 0 Å². The van der Waals surface area contributed by atoms with E-state index in [9.17, 15) is 0 Å². The van der Waals surface area contributed by atoms with Crippen LogP contribution in [0.25, 0.3) is 0 Å². The number of hydrogen-bond donors (Lipinski definition) is 1. The van der Waals surface area contributed by atoms with Crippen LogP contribution in [0.15, 0.2) is 42.4 Å². The van der Waals surface area contributed by atoms with E-state index in [4.69, 9.17) is 4.74 Å². The Morgan fingerprint density at radius 3 is 2.62 bits per heavy atom. The monoisotopic (exact) mass is 325 g/mol. The molecule has 128 valence electrons. The molecule has 1 saturated carbocycles. The van der Waals surface area contributed by atoms with E-state index in [1.807, 2.05) is 30.5 Å². The molecule has 1 aliphatic carbocycles. The predicted molar refractivity (Wildman–Crippen MR) is 96.4 cm³/mol. The smallest absolute Gasteiger partial charge is 0.146 e. The molecule has 24 heavy (non-hydrogen) atoms. The number of nitrogens with one attached hydrogen (secondary N) is 1. The Morgan fingerprint density at radius 2 is 1.88 bits per heavy atom. The first-order chi connectivity index (χ1) is 11.8. The first-order valence-corrected chi connectivity index (χ1v) is 9.19. The fourth-order valence-corrected chi connectivity index (χ4v) is 4.06. The predicted octanol–water partition coefficient (Wildman–Crippen LogP) is 3.21. The van der Waals surface area contributed by atoms with Crippen molar-refractivity contribution in [3.8, 4) is 5.75 Å². The van der Waals surface area contributed by atoms with Crippen molar-refractivity contribution in [2.45, 2.75) is 44.6 Å². The highest BCUT2D eigenvalue weighted by atomic mass is 16.5. The lowest BCUT2D eigenvalue weighted by Crippen LogP contribution is -2.35. The van der Waals surface area contributed by atoms with Gasteiger partial charge in [-0.25, -0.2) is 0 Å². The molecule has 0 aromatic heterocycles. The summed E-state index contributed by atoms with van der Waals surface area (Å²) in [7, 11) is 1.96. The molecule has 2 heterocycles. The molecule has 2 aliphatic heterocycles. The highest BCUT2D eigenvalue weighted by Gasteiger charge is 2.24. The molecular formula is C20H27N3O. The summed E-state index contributed by atoms with van der Waals surface area (Å²) < 4.78 is 6.01. The van der Waals surface area contributed by atoms with Gasteiger partial charge in [-0.2, -0.15) is 0 Å². The highest BCUT2D eigenvalue weighted by Crippen LogP contribution is 2.28. The van der Waals surface area contributed by atoms with Crippen LogP contribution in [0, 0.1) is 0 Å². The number of hydrazine groups is 1. The maximum absolute atomic E-state index is 6.01. The summed E-state index contributed by atoms with van der Waals surface area (Å²) in [4.78, 5) is 2.72. The number of hydrogen-bond acceptors (Lipinski definition) is 4. The second kappa shape index (κ2) is 6.89. The number of ether oxygens (including phenoxy) is 1. The zero-order chi connectivity index (χ0) is 16.4. The van der Waals surface area contributed by atoms with E-state index in [1.165, 1.54) is 56.3 Å². The van der Waals surface area contributed by atoms with E-state index in [1.54, 1.807) is 0 Å².